The third-order valence-corrected chi connectivity index (χ3v) is 3.45. The maximum Gasteiger partial charge on any atom is 0.139 e. The molecule has 0 unspecified atom stereocenters. The van der Waals surface area contributed by atoms with E-state index in [-0.39, 0.29) is 5.78 Å². The molecule has 0 radical (unpaired) electrons. The fraction of sp³-hybridized carbons (Fsp3) is 0.533. The smallest absolute Gasteiger partial charge is 0.139 e. The summed E-state index contributed by atoms with van der Waals surface area (Å²) in [6.45, 7) is 9.81. The number of Topliss-reactive ketones (excluding diaryl/α,β-unsaturated/α-hetero) is 1. The van der Waals surface area contributed by atoms with Crippen molar-refractivity contribution in [2.45, 2.75) is 46.0 Å². The number of carbonyl (C=O) groups excluding carboxylic acids is 1. The topological polar surface area (TPSA) is 26.3 Å². The summed E-state index contributed by atoms with van der Waals surface area (Å²) >= 11 is 0. The Bertz CT molecular complexity index is 417. The lowest BCUT2D eigenvalue weighted by molar-refractivity contribution is -0.121. The standard InChI is InChI=1S/C15H22O2/c1-10(2)13-9-12(7-8-14(13)17-6)15(4,5)11(3)16/h7-10H,1-6H3. The highest BCUT2D eigenvalue weighted by atomic mass is 16.5. The summed E-state index contributed by atoms with van der Waals surface area (Å²) in [6, 6.07) is 6.02. The van der Waals surface area contributed by atoms with Gasteiger partial charge < -0.3 is 4.74 Å². The van der Waals surface area contributed by atoms with Crippen LogP contribution in [0.25, 0.3) is 0 Å². The lowest BCUT2D eigenvalue weighted by Gasteiger charge is -2.24. The van der Waals surface area contributed by atoms with Crippen LogP contribution in [-0.4, -0.2) is 12.9 Å². The predicted molar refractivity (Wildman–Crippen MR) is 70.8 cm³/mol. The molecule has 0 amide bonds. The molecule has 1 aromatic carbocycles. The van der Waals surface area contributed by atoms with Crippen LogP contribution in [0.1, 0.15) is 51.7 Å². The first-order valence-electron chi connectivity index (χ1n) is 6.00. The highest BCUT2D eigenvalue weighted by Crippen LogP contribution is 2.32. The van der Waals surface area contributed by atoms with Crippen molar-refractivity contribution in [3.8, 4) is 5.75 Å². The molecule has 0 saturated carbocycles. The Morgan fingerprint density at radius 2 is 1.88 bits per heavy atom. The third-order valence-electron chi connectivity index (χ3n) is 3.45. The van der Waals surface area contributed by atoms with Gasteiger partial charge in [0.1, 0.15) is 11.5 Å². The van der Waals surface area contributed by atoms with Gasteiger partial charge in [-0.3, -0.25) is 4.79 Å². The van der Waals surface area contributed by atoms with E-state index in [1.165, 1.54) is 0 Å². The van der Waals surface area contributed by atoms with Crippen molar-refractivity contribution in [1.82, 2.24) is 0 Å². The maximum atomic E-state index is 11.7. The van der Waals surface area contributed by atoms with Crippen LogP contribution in [0.15, 0.2) is 18.2 Å². The molecule has 0 aliphatic rings. The summed E-state index contributed by atoms with van der Waals surface area (Å²) < 4.78 is 5.35. The van der Waals surface area contributed by atoms with Crippen LogP contribution in [0.4, 0.5) is 0 Å². The molecule has 2 heteroatoms. The normalized spacial score (nSPS) is 11.7. The molecule has 0 aliphatic heterocycles. The van der Waals surface area contributed by atoms with Gasteiger partial charge in [-0.2, -0.15) is 0 Å². The van der Waals surface area contributed by atoms with Gasteiger partial charge in [-0.25, -0.2) is 0 Å². The van der Waals surface area contributed by atoms with Gasteiger partial charge in [-0.15, -0.1) is 0 Å². The summed E-state index contributed by atoms with van der Waals surface area (Å²) in [4.78, 5) is 11.7. The molecule has 17 heavy (non-hydrogen) atoms. The Morgan fingerprint density at radius 1 is 1.29 bits per heavy atom. The monoisotopic (exact) mass is 234 g/mol. The number of methoxy groups -OCH3 is 1. The SMILES string of the molecule is COc1ccc(C(C)(C)C(C)=O)cc1C(C)C. The van der Waals surface area contributed by atoms with E-state index in [1.54, 1.807) is 14.0 Å². The van der Waals surface area contributed by atoms with Crippen molar-refractivity contribution >= 4 is 5.78 Å². The van der Waals surface area contributed by atoms with Crippen molar-refractivity contribution in [2.75, 3.05) is 7.11 Å². The molecule has 0 spiro atoms. The quantitative estimate of drug-likeness (QED) is 0.794. The fourth-order valence-electron chi connectivity index (χ4n) is 1.78. The molecule has 0 saturated heterocycles. The Labute approximate surface area is 104 Å². The molecule has 1 aromatic rings. The van der Waals surface area contributed by atoms with Crippen LogP contribution in [0.2, 0.25) is 0 Å². The minimum absolute atomic E-state index is 0.178. The first-order chi connectivity index (χ1) is 7.80. The second-order valence-corrected chi connectivity index (χ2v) is 5.29. The first kappa shape index (κ1) is 13.8. The Hall–Kier alpha value is -1.31. The zero-order chi connectivity index (χ0) is 13.2. The highest BCUT2D eigenvalue weighted by molar-refractivity contribution is 5.87. The third kappa shape index (κ3) is 2.68. The van der Waals surface area contributed by atoms with Gasteiger partial charge in [-0.1, -0.05) is 26.0 Å². The lowest BCUT2D eigenvalue weighted by Crippen LogP contribution is -2.26. The van der Waals surface area contributed by atoms with Crippen LogP contribution >= 0.6 is 0 Å². The van der Waals surface area contributed by atoms with Crippen molar-refractivity contribution in [2.24, 2.45) is 0 Å². The Morgan fingerprint density at radius 3 is 2.29 bits per heavy atom. The number of rotatable bonds is 4. The van der Waals surface area contributed by atoms with Crippen LogP contribution in [0.3, 0.4) is 0 Å². The molecule has 0 N–H and O–H groups in total. The molecular weight excluding hydrogens is 212 g/mol. The van der Waals surface area contributed by atoms with Gasteiger partial charge in [0, 0.05) is 5.41 Å². The largest absolute Gasteiger partial charge is 0.496 e. The number of ether oxygens (including phenoxy) is 1. The second-order valence-electron chi connectivity index (χ2n) is 5.29. The first-order valence-corrected chi connectivity index (χ1v) is 6.00. The van der Waals surface area contributed by atoms with E-state index in [1.807, 2.05) is 26.0 Å². The molecule has 0 fully saturated rings. The van der Waals surface area contributed by atoms with Gasteiger partial charge in [0.15, 0.2) is 0 Å². The van der Waals surface area contributed by atoms with Crippen molar-refractivity contribution in [3.63, 3.8) is 0 Å². The number of benzene rings is 1. The summed E-state index contributed by atoms with van der Waals surface area (Å²) in [7, 11) is 1.68. The zero-order valence-corrected chi connectivity index (χ0v) is 11.6. The van der Waals surface area contributed by atoms with Crippen LogP contribution < -0.4 is 4.74 Å². The average molecular weight is 234 g/mol. The van der Waals surface area contributed by atoms with E-state index in [9.17, 15) is 4.79 Å². The lowest BCUT2D eigenvalue weighted by atomic mass is 9.80. The molecule has 0 bridgehead atoms. The number of hydrogen-bond acceptors (Lipinski definition) is 2. The van der Waals surface area contributed by atoms with E-state index >= 15 is 0 Å². The van der Waals surface area contributed by atoms with Crippen LogP contribution in [0.5, 0.6) is 5.75 Å². The number of carbonyl (C=O) groups is 1. The van der Waals surface area contributed by atoms with Crippen LogP contribution in [0, 0.1) is 0 Å². The van der Waals surface area contributed by atoms with Crippen LogP contribution in [-0.2, 0) is 10.2 Å². The molecule has 1 rings (SSSR count). The summed E-state index contributed by atoms with van der Waals surface area (Å²) in [5.74, 6) is 1.45. The summed E-state index contributed by atoms with van der Waals surface area (Å²) in [5.41, 5.74) is 1.77. The van der Waals surface area contributed by atoms with Gasteiger partial charge in [0.25, 0.3) is 0 Å². The van der Waals surface area contributed by atoms with Crippen molar-refractivity contribution < 1.29 is 9.53 Å². The van der Waals surface area contributed by atoms with E-state index in [2.05, 4.69) is 19.9 Å². The Balaban J connectivity index is 3.30. The van der Waals surface area contributed by atoms with E-state index in [4.69, 9.17) is 4.74 Å². The van der Waals surface area contributed by atoms with Gasteiger partial charge >= 0.3 is 0 Å². The zero-order valence-electron chi connectivity index (χ0n) is 11.6. The molecular formula is C15H22O2. The van der Waals surface area contributed by atoms with Gasteiger partial charge in [-0.05, 0) is 43.9 Å². The second kappa shape index (κ2) is 4.91. The minimum atomic E-state index is -0.435. The Kier molecular flexibility index (Phi) is 3.97. The predicted octanol–water partition coefficient (Wildman–Crippen LogP) is 3.69. The highest BCUT2D eigenvalue weighted by Gasteiger charge is 2.27. The van der Waals surface area contributed by atoms with Gasteiger partial charge in [0.2, 0.25) is 0 Å². The number of ketones is 1. The van der Waals surface area contributed by atoms with Gasteiger partial charge in [0.05, 0.1) is 7.11 Å². The van der Waals surface area contributed by atoms with E-state index in [0.29, 0.717) is 5.92 Å². The van der Waals surface area contributed by atoms with Crippen molar-refractivity contribution in [3.05, 3.63) is 29.3 Å². The molecule has 94 valence electrons. The summed E-state index contributed by atoms with van der Waals surface area (Å²) in [5, 5.41) is 0. The van der Waals surface area contributed by atoms with Crippen molar-refractivity contribution in [1.29, 1.82) is 0 Å². The molecule has 0 atom stereocenters. The van der Waals surface area contributed by atoms with E-state index in [0.717, 1.165) is 16.9 Å². The molecule has 2 nitrogen and oxygen atoms in total. The molecule has 0 aliphatic carbocycles. The molecule has 0 aromatic heterocycles. The average Bonchev–Trinajstić information content (AvgIpc) is 2.27. The minimum Gasteiger partial charge on any atom is -0.496 e. The molecule has 0 heterocycles. The maximum absolute atomic E-state index is 11.7. The number of hydrogen-bond donors (Lipinski definition) is 0. The summed E-state index contributed by atoms with van der Waals surface area (Å²) in [6.07, 6.45) is 0. The van der Waals surface area contributed by atoms with E-state index < -0.39 is 5.41 Å². The fourth-order valence-corrected chi connectivity index (χ4v) is 1.78.